The third-order valence-corrected chi connectivity index (χ3v) is 3.00. The maximum Gasteiger partial charge on any atom is 0.383 e. The Balaban J connectivity index is 2.56. The quantitative estimate of drug-likeness (QED) is 0.708. The largest absolute Gasteiger partial charge is 0.383 e. The van der Waals surface area contributed by atoms with Gasteiger partial charge in [0.25, 0.3) is 0 Å². The van der Waals surface area contributed by atoms with E-state index in [0.29, 0.717) is 5.56 Å². The molecule has 0 fully saturated rings. The summed E-state index contributed by atoms with van der Waals surface area (Å²) in [6, 6.07) is 3.24. The van der Waals surface area contributed by atoms with Gasteiger partial charge in [0, 0.05) is 5.56 Å². The molecule has 0 saturated carbocycles. The van der Waals surface area contributed by atoms with Crippen LogP contribution in [0, 0.1) is 5.82 Å². The van der Waals surface area contributed by atoms with Gasteiger partial charge in [-0.1, -0.05) is 0 Å². The normalized spacial score (nSPS) is 23.7. The summed E-state index contributed by atoms with van der Waals surface area (Å²) in [5.41, 5.74) is 0.500. The Kier molecular flexibility index (Phi) is 1.97. The molecule has 1 aliphatic rings. The standard InChI is InChI=1S/C8H8FNO3S/c1-5-7-4-6(9)2-3-8(7)13-14(11,12)10-5/h2-5,10H,1H3. The van der Waals surface area contributed by atoms with Crippen molar-refractivity contribution in [3.05, 3.63) is 29.6 Å². The number of hydrogen-bond donors (Lipinski definition) is 1. The van der Waals surface area contributed by atoms with E-state index < -0.39 is 22.2 Å². The van der Waals surface area contributed by atoms with E-state index in [1.165, 1.54) is 12.1 Å². The molecule has 6 heteroatoms. The summed E-state index contributed by atoms with van der Waals surface area (Å²) in [6.07, 6.45) is 0. The number of halogens is 1. The maximum absolute atomic E-state index is 12.8. The van der Waals surface area contributed by atoms with Crippen LogP contribution in [0.5, 0.6) is 5.75 Å². The molecular formula is C8H8FNO3S. The first-order chi connectivity index (χ1) is 6.48. The van der Waals surface area contributed by atoms with Crippen molar-refractivity contribution in [1.82, 2.24) is 4.72 Å². The highest BCUT2D eigenvalue weighted by atomic mass is 32.2. The zero-order chi connectivity index (χ0) is 10.3. The van der Waals surface area contributed by atoms with E-state index in [0.717, 1.165) is 6.07 Å². The van der Waals surface area contributed by atoms with Crippen molar-refractivity contribution in [3.63, 3.8) is 0 Å². The van der Waals surface area contributed by atoms with E-state index in [1.54, 1.807) is 6.92 Å². The Morgan fingerprint density at radius 2 is 2.21 bits per heavy atom. The van der Waals surface area contributed by atoms with Crippen LogP contribution in [-0.2, 0) is 10.3 Å². The molecule has 1 N–H and O–H groups in total. The molecule has 1 atom stereocenters. The van der Waals surface area contributed by atoms with Crippen LogP contribution in [-0.4, -0.2) is 8.42 Å². The van der Waals surface area contributed by atoms with Gasteiger partial charge in [0.2, 0.25) is 0 Å². The van der Waals surface area contributed by atoms with Crippen LogP contribution in [0.25, 0.3) is 0 Å². The summed E-state index contributed by atoms with van der Waals surface area (Å²) in [5.74, 6) is -0.238. The Bertz CT molecular complexity index is 471. The first kappa shape index (κ1) is 9.42. The first-order valence-electron chi connectivity index (χ1n) is 3.99. The predicted octanol–water partition coefficient (Wildman–Crippen LogP) is 1.11. The summed E-state index contributed by atoms with van der Waals surface area (Å²) in [7, 11) is -3.73. The molecule has 0 saturated heterocycles. The molecule has 0 aromatic heterocycles. The van der Waals surface area contributed by atoms with Gasteiger partial charge in [0.05, 0.1) is 6.04 Å². The van der Waals surface area contributed by atoms with Crippen molar-refractivity contribution in [3.8, 4) is 5.75 Å². The highest BCUT2D eigenvalue weighted by Gasteiger charge is 2.27. The van der Waals surface area contributed by atoms with Crippen molar-refractivity contribution in [2.75, 3.05) is 0 Å². The van der Waals surface area contributed by atoms with Crippen LogP contribution in [0.15, 0.2) is 18.2 Å². The second-order valence-corrected chi connectivity index (χ2v) is 4.37. The van der Waals surface area contributed by atoms with Crippen molar-refractivity contribution in [2.45, 2.75) is 13.0 Å². The molecule has 14 heavy (non-hydrogen) atoms. The third-order valence-electron chi connectivity index (χ3n) is 1.96. The van der Waals surface area contributed by atoms with Crippen molar-refractivity contribution in [2.24, 2.45) is 0 Å². The van der Waals surface area contributed by atoms with Crippen molar-refractivity contribution >= 4 is 10.3 Å². The Labute approximate surface area is 81.0 Å². The lowest BCUT2D eigenvalue weighted by atomic mass is 10.1. The molecule has 1 aromatic rings. The Hall–Kier alpha value is -1.14. The number of hydrogen-bond acceptors (Lipinski definition) is 3. The van der Waals surface area contributed by atoms with E-state index in [9.17, 15) is 12.8 Å². The molecule has 0 aliphatic carbocycles. The van der Waals surface area contributed by atoms with Crippen LogP contribution in [0.3, 0.4) is 0 Å². The van der Waals surface area contributed by atoms with Crippen LogP contribution in [0.2, 0.25) is 0 Å². The molecule has 2 rings (SSSR count). The molecule has 0 amide bonds. The average molecular weight is 217 g/mol. The molecule has 1 unspecified atom stereocenters. The molecule has 4 nitrogen and oxygen atoms in total. The van der Waals surface area contributed by atoms with Gasteiger partial charge < -0.3 is 4.18 Å². The molecular weight excluding hydrogens is 209 g/mol. The van der Waals surface area contributed by atoms with Gasteiger partial charge in [-0.3, -0.25) is 0 Å². The van der Waals surface area contributed by atoms with Crippen molar-refractivity contribution < 1.29 is 17.0 Å². The fraction of sp³-hybridized carbons (Fsp3) is 0.250. The summed E-state index contributed by atoms with van der Waals surface area (Å²) in [4.78, 5) is 0. The van der Waals surface area contributed by atoms with E-state index in [4.69, 9.17) is 0 Å². The maximum atomic E-state index is 12.8. The van der Waals surface area contributed by atoms with Crippen LogP contribution >= 0.6 is 0 Å². The Morgan fingerprint density at radius 3 is 2.93 bits per heavy atom. The smallest absolute Gasteiger partial charge is 0.371 e. The number of nitrogens with one attached hydrogen (secondary N) is 1. The zero-order valence-electron chi connectivity index (χ0n) is 7.32. The highest BCUT2D eigenvalue weighted by Crippen LogP contribution is 2.31. The third kappa shape index (κ3) is 1.58. The summed E-state index contributed by atoms with van der Waals surface area (Å²) in [6.45, 7) is 1.62. The minimum Gasteiger partial charge on any atom is -0.371 e. The minimum absolute atomic E-state index is 0.178. The van der Waals surface area contributed by atoms with Gasteiger partial charge in [-0.05, 0) is 25.1 Å². The number of benzene rings is 1. The van der Waals surface area contributed by atoms with Gasteiger partial charge in [0.15, 0.2) is 0 Å². The number of rotatable bonds is 0. The summed E-state index contributed by atoms with van der Waals surface area (Å²) < 4.78 is 41.9. The fourth-order valence-corrected chi connectivity index (χ4v) is 2.35. The van der Waals surface area contributed by atoms with E-state index in [1.807, 2.05) is 0 Å². The van der Waals surface area contributed by atoms with Gasteiger partial charge in [-0.2, -0.15) is 13.1 Å². The number of fused-ring (bicyclic) bond motifs is 1. The van der Waals surface area contributed by atoms with E-state index >= 15 is 0 Å². The van der Waals surface area contributed by atoms with E-state index in [-0.39, 0.29) is 5.75 Å². The molecule has 0 radical (unpaired) electrons. The Morgan fingerprint density at radius 1 is 1.50 bits per heavy atom. The van der Waals surface area contributed by atoms with Crippen molar-refractivity contribution in [1.29, 1.82) is 0 Å². The van der Waals surface area contributed by atoms with Crippen LogP contribution in [0.1, 0.15) is 18.5 Å². The molecule has 76 valence electrons. The average Bonchev–Trinajstić information content (AvgIpc) is 2.05. The van der Waals surface area contributed by atoms with Crippen LogP contribution in [0.4, 0.5) is 4.39 Å². The monoisotopic (exact) mass is 217 g/mol. The zero-order valence-corrected chi connectivity index (χ0v) is 8.14. The summed E-state index contributed by atoms with van der Waals surface area (Å²) >= 11 is 0. The second kappa shape index (κ2) is 2.93. The second-order valence-electron chi connectivity index (χ2n) is 3.06. The van der Waals surface area contributed by atoms with Gasteiger partial charge >= 0.3 is 10.3 Å². The first-order valence-corrected chi connectivity index (χ1v) is 5.40. The predicted molar refractivity (Wildman–Crippen MR) is 47.5 cm³/mol. The van der Waals surface area contributed by atoms with Gasteiger partial charge in [-0.15, -0.1) is 0 Å². The minimum atomic E-state index is -3.73. The van der Waals surface area contributed by atoms with E-state index in [2.05, 4.69) is 8.91 Å². The molecule has 1 aliphatic heterocycles. The molecule has 0 spiro atoms. The highest BCUT2D eigenvalue weighted by molar-refractivity contribution is 7.85. The molecule has 0 bridgehead atoms. The molecule has 1 aromatic carbocycles. The van der Waals surface area contributed by atoms with Gasteiger partial charge in [-0.25, -0.2) is 4.39 Å². The lowest BCUT2D eigenvalue weighted by molar-refractivity contribution is 0.434. The van der Waals surface area contributed by atoms with Gasteiger partial charge in [0.1, 0.15) is 11.6 Å². The fourth-order valence-electron chi connectivity index (χ4n) is 1.36. The molecule has 1 heterocycles. The lowest BCUT2D eigenvalue weighted by Gasteiger charge is -2.23. The topological polar surface area (TPSA) is 55.4 Å². The lowest BCUT2D eigenvalue weighted by Crippen LogP contribution is -2.35. The summed E-state index contributed by atoms with van der Waals surface area (Å²) in [5, 5.41) is 0. The van der Waals surface area contributed by atoms with Crippen LogP contribution < -0.4 is 8.91 Å². The SMILES string of the molecule is CC1NS(=O)(=O)Oc2ccc(F)cc21.